The van der Waals surface area contributed by atoms with E-state index >= 15 is 0 Å². The summed E-state index contributed by atoms with van der Waals surface area (Å²) in [5, 5.41) is 0. The van der Waals surface area contributed by atoms with Crippen LogP contribution in [0.4, 0.5) is 5.69 Å². The number of fused-ring (bicyclic) bond motifs is 1. The van der Waals surface area contributed by atoms with Gasteiger partial charge in [0.1, 0.15) is 0 Å². The first-order chi connectivity index (χ1) is 11.1. The van der Waals surface area contributed by atoms with Crippen LogP contribution in [0.5, 0.6) is 0 Å². The molecule has 1 heterocycles. The van der Waals surface area contributed by atoms with E-state index in [4.69, 9.17) is 0 Å². The van der Waals surface area contributed by atoms with Crippen LogP contribution >= 0.6 is 15.9 Å². The Bertz CT molecular complexity index is 794. The summed E-state index contributed by atoms with van der Waals surface area (Å²) in [6.45, 7) is 10.4. The van der Waals surface area contributed by atoms with Gasteiger partial charge < -0.3 is 4.90 Å². The molecule has 3 heteroatoms. The van der Waals surface area contributed by atoms with Crippen LogP contribution in [-0.2, 0) is 10.2 Å². The zero-order chi connectivity index (χ0) is 17.7. The molecule has 1 aliphatic heterocycles. The number of anilines is 1. The maximum absolute atomic E-state index is 12.4. The van der Waals surface area contributed by atoms with E-state index in [2.05, 4.69) is 86.1 Å². The molecule has 0 fully saturated rings. The summed E-state index contributed by atoms with van der Waals surface area (Å²) in [5.41, 5.74) is 4.41. The van der Waals surface area contributed by atoms with Crippen LogP contribution in [0.15, 0.2) is 46.9 Å². The van der Waals surface area contributed by atoms with Crippen molar-refractivity contribution in [2.75, 3.05) is 4.90 Å². The minimum absolute atomic E-state index is 0.1000. The first-order valence-electron chi connectivity index (χ1n) is 8.33. The summed E-state index contributed by atoms with van der Waals surface area (Å²) in [6.07, 6.45) is 0.887. The van der Waals surface area contributed by atoms with Crippen LogP contribution in [0.1, 0.15) is 50.8 Å². The Hall–Kier alpha value is -1.61. The Morgan fingerprint density at radius 1 is 1.08 bits per heavy atom. The number of aryl methyl sites for hydroxylation is 1. The van der Waals surface area contributed by atoms with Gasteiger partial charge in [-0.25, -0.2) is 0 Å². The van der Waals surface area contributed by atoms with Gasteiger partial charge in [0.05, 0.1) is 0 Å². The average Bonchev–Trinajstić information content (AvgIpc) is 2.47. The number of nitrogens with zero attached hydrogens (tertiary/aromatic N) is 1. The molecule has 1 amide bonds. The minimum Gasteiger partial charge on any atom is -0.307 e. The Kier molecular flexibility index (Phi) is 4.11. The number of hydrogen-bond acceptors (Lipinski definition) is 1. The Balaban J connectivity index is 2.28. The predicted molar refractivity (Wildman–Crippen MR) is 104 cm³/mol. The highest BCUT2D eigenvalue weighted by molar-refractivity contribution is 9.10. The van der Waals surface area contributed by atoms with Crippen molar-refractivity contribution in [3.63, 3.8) is 0 Å². The maximum atomic E-state index is 12.4. The maximum Gasteiger partial charge on any atom is 0.224 e. The second-order valence-electron chi connectivity index (χ2n) is 7.70. The number of carbonyl (C=O) groups excluding carboxylic acids is 1. The Morgan fingerprint density at radius 3 is 2.29 bits per heavy atom. The van der Waals surface area contributed by atoms with Gasteiger partial charge in [-0.2, -0.15) is 0 Å². The Morgan fingerprint density at radius 2 is 1.71 bits per heavy atom. The van der Waals surface area contributed by atoms with Gasteiger partial charge >= 0.3 is 0 Å². The predicted octanol–water partition coefficient (Wildman–Crippen LogP) is 5.60. The molecule has 2 aromatic rings. The average molecular weight is 386 g/mol. The molecule has 2 aromatic carbocycles. The number of halogens is 1. The molecule has 1 aliphatic rings. The third-order valence-electron chi connectivity index (χ3n) is 5.18. The fourth-order valence-corrected chi connectivity index (χ4v) is 4.59. The molecule has 0 bridgehead atoms. The van der Waals surface area contributed by atoms with E-state index in [-0.39, 0.29) is 16.9 Å². The molecular formula is C21H24BrNO. The molecule has 0 aromatic heterocycles. The van der Waals surface area contributed by atoms with Gasteiger partial charge in [0.25, 0.3) is 0 Å². The minimum atomic E-state index is -0.240. The standard InChI is InChI=1S/C21H24BrNO/c1-14-6-11-19-18(12-14)21(5,16-7-9-17(22)10-8-16)13-20(3,4)23(19)15(2)24/h6-12H,13H2,1-5H3/t21-/m1/s1. The molecule has 0 aliphatic carbocycles. The van der Waals surface area contributed by atoms with Crippen LogP contribution in [0.25, 0.3) is 0 Å². The molecule has 0 unspecified atom stereocenters. The summed E-state index contributed by atoms with van der Waals surface area (Å²) in [6, 6.07) is 15.0. The topological polar surface area (TPSA) is 20.3 Å². The first-order valence-corrected chi connectivity index (χ1v) is 9.12. The van der Waals surface area contributed by atoms with E-state index < -0.39 is 0 Å². The fraction of sp³-hybridized carbons (Fsp3) is 0.381. The summed E-state index contributed by atoms with van der Waals surface area (Å²) in [4.78, 5) is 14.3. The molecule has 0 spiro atoms. The number of rotatable bonds is 1. The van der Waals surface area contributed by atoms with Crippen molar-refractivity contribution in [2.24, 2.45) is 0 Å². The zero-order valence-electron chi connectivity index (χ0n) is 15.0. The lowest BCUT2D eigenvalue weighted by Crippen LogP contribution is -2.55. The van der Waals surface area contributed by atoms with Gasteiger partial charge in [0.2, 0.25) is 5.91 Å². The highest BCUT2D eigenvalue weighted by atomic mass is 79.9. The summed E-state index contributed by atoms with van der Waals surface area (Å²) >= 11 is 3.53. The normalized spacial score (nSPS) is 22.2. The van der Waals surface area contributed by atoms with Crippen LogP contribution < -0.4 is 4.90 Å². The molecule has 0 saturated carbocycles. The smallest absolute Gasteiger partial charge is 0.224 e. The van der Waals surface area contributed by atoms with Gasteiger partial charge in [0, 0.05) is 28.0 Å². The SMILES string of the molecule is CC(=O)N1c2ccc(C)cc2[C@@](C)(c2ccc(Br)cc2)CC1(C)C. The molecular weight excluding hydrogens is 362 g/mol. The number of benzene rings is 2. The highest BCUT2D eigenvalue weighted by Gasteiger charge is 2.46. The van der Waals surface area contributed by atoms with Crippen LogP contribution in [0.3, 0.4) is 0 Å². The zero-order valence-corrected chi connectivity index (χ0v) is 16.6. The van der Waals surface area contributed by atoms with Gasteiger partial charge in [-0.1, -0.05) is 52.7 Å². The van der Waals surface area contributed by atoms with Crippen molar-refractivity contribution in [2.45, 2.75) is 52.0 Å². The fourth-order valence-electron chi connectivity index (χ4n) is 4.32. The van der Waals surface area contributed by atoms with E-state index in [9.17, 15) is 4.79 Å². The van der Waals surface area contributed by atoms with Crippen LogP contribution in [0, 0.1) is 6.92 Å². The van der Waals surface area contributed by atoms with E-state index in [0.29, 0.717) is 0 Å². The van der Waals surface area contributed by atoms with Crippen molar-refractivity contribution in [1.82, 2.24) is 0 Å². The van der Waals surface area contributed by atoms with E-state index in [1.54, 1.807) is 6.92 Å². The molecule has 126 valence electrons. The van der Waals surface area contributed by atoms with E-state index in [0.717, 1.165) is 16.6 Å². The van der Waals surface area contributed by atoms with Gasteiger partial charge in [0.15, 0.2) is 0 Å². The second-order valence-corrected chi connectivity index (χ2v) is 8.62. The second kappa shape index (κ2) is 5.73. The molecule has 3 rings (SSSR count). The third-order valence-corrected chi connectivity index (χ3v) is 5.70. The van der Waals surface area contributed by atoms with E-state index in [1.807, 2.05) is 4.90 Å². The van der Waals surface area contributed by atoms with Crippen molar-refractivity contribution in [1.29, 1.82) is 0 Å². The monoisotopic (exact) mass is 385 g/mol. The Labute approximate surface area is 153 Å². The number of amides is 1. The van der Waals surface area contributed by atoms with Crippen molar-refractivity contribution >= 4 is 27.5 Å². The van der Waals surface area contributed by atoms with E-state index in [1.165, 1.54) is 16.7 Å². The quantitative estimate of drug-likeness (QED) is 0.625. The number of carbonyl (C=O) groups is 1. The van der Waals surface area contributed by atoms with Crippen molar-refractivity contribution < 1.29 is 4.79 Å². The molecule has 1 atom stereocenters. The van der Waals surface area contributed by atoms with Crippen LogP contribution in [0.2, 0.25) is 0 Å². The summed E-state index contributed by atoms with van der Waals surface area (Å²) in [7, 11) is 0. The molecule has 0 N–H and O–H groups in total. The van der Waals surface area contributed by atoms with Crippen molar-refractivity contribution in [3.8, 4) is 0 Å². The summed E-state index contributed by atoms with van der Waals surface area (Å²) < 4.78 is 1.08. The van der Waals surface area contributed by atoms with Crippen molar-refractivity contribution in [3.05, 3.63) is 63.6 Å². The molecule has 24 heavy (non-hydrogen) atoms. The molecule has 2 nitrogen and oxygen atoms in total. The van der Waals surface area contributed by atoms with Gasteiger partial charge in [-0.15, -0.1) is 0 Å². The molecule has 0 saturated heterocycles. The lowest BCUT2D eigenvalue weighted by Gasteiger charge is -2.51. The largest absolute Gasteiger partial charge is 0.307 e. The van der Waals surface area contributed by atoms with Gasteiger partial charge in [-0.05, 0) is 56.5 Å². The molecule has 0 radical (unpaired) electrons. The summed E-state index contributed by atoms with van der Waals surface area (Å²) in [5.74, 6) is 0.1000. The van der Waals surface area contributed by atoms with Crippen LogP contribution in [-0.4, -0.2) is 11.4 Å². The lowest BCUT2D eigenvalue weighted by molar-refractivity contribution is -0.117. The number of hydrogen-bond donors (Lipinski definition) is 0. The first kappa shape index (κ1) is 17.2. The third kappa shape index (κ3) is 2.69. The highest BCUT2D eigenvalue weighted by Crippen LogP contribution is 2.50. The van der Waals surface area contributed by atoms with Gasteiger partial charge in [-0.3, -0.25) is 4.79 Å². The lowest BCUT2D eigenvalue weighted by atomic mass is 9.65.